The summed E-state index contributed by atoms with van der Waals surface area (Å²) >= 11 is 0. The molecule has 2 saturated carbocycles. The molecule has 2 aliphatic carbocycles. The lowest BCUT2D eigenvalue weighted by Crippen LogP contribution is -2.43. The molecule has 0 aromatic heterocycles. The molecule has 2 fully saturated rings. The summed E-state index contributed by atoms with van der Waals surface area (Å²) in [4.78, 5) is 0. The van der Waals surface area contributed by atoms with Crippen LogP contribution in [0.3, 0.4) is 0 Å². The lowest BCUT2D eigenvalue weighted by Gasteiger charge is -2.32. The average molecular weight is 211 g/mol. The Balaban J connectivity index is 1.65. The molecule has 15 heavy (non-hydrogen) atoms. The van der Waals surface area contributed by atoms with Crippen molar-refractivity contribution < 1.29 is 5.11 Å². The van der Waals surface area contributed by atoms with Crippen LogP contribution < -0.4 is 5.32 Å². The zero-order valence-electron chi connectivity index (χ0n) is 9.97. The second kappa shape index (κ2) is 4.84. The molecule has 0 aromatic rings. The van der Waals surface area contributed by atoms with E-state index in [0.29, 0.717) is 0 Å². The van der Waals surface area contributed by atoms with Crippen molar-refractivity contribution >= 4 is 0 Å². The molecule has 0 spiro atoms. The van der Waals surface area contributed by atoms with Gasteiger partial charge in [0.2, 0.25) is 0 Å². The molecule has 2 unspecified atom stereocenters. The molecule has 2 nitrogen and oxygen atoms in total. The van der Waals surface area contributed by atoms with Gasteiger partial charge < -0.3 is 10.4 Å². The number of aliphatic hydroxyl groups is 1. The first kappa shape index (κ1) is 11.4. The Bertz CT molecular complexity index is 199. The van der Waals surface area contributed by atoms with E-state index in [9.17, 15) is 5.11 Å². The van der Waals surface area contributed by atoms with E-state index in [0.717, 1.165) is 31.3 Å². The van der Waals surface area contributed by atoms with Gasteiger partial charge in [0.15, 0.2) is 0 Å². The molecule has 0 radical (unpaired) electrons. The number of hydrogen-bond donors (Lipinski definition) is 2. The van der Waals surface area contributed by atoms with Gasteiger partial charge in [0.25, 0.3) is 0 Å². The molecule has 2 N–H and O–H groups in total. The van der Waals surface area contributed by atoms with Gasteiger partial charge in [-0.15, -0.1) is 0 Å². The summed E-state index contributed by atoms with van der Waals surface area (Å²) in [6.07, 6.45) is 9.73. The third-order valence-corrected chi connectivity index (χ3v) is 4.06. The van der Waals surface area contributed by atoms with E-state index in [1.54, 1.807) is 0 Å². The van der Waals surface area contributed by atoms with Crippen LogP contribution in [0.1, 0.15) is 58.3 Å². The number of rotatable bonds is 5. The molecule has 0 aromatic carbocycles. The van der Waals surface area contributed by atoms with Crippen molar-refractivity contribution in [3.63, 3.8) is 0 Å². The third kappa shape index (κ3) is 3.18. The van der Waals surface area contributed by atoms with Gasteiger partial charge in [0.05, 0.1) is 5.60 Å². The Morgan fingerprint density at radius 1 is 1.27 bits per heavy atom. The van der Waals surface area contributed by atoms with Gasteiger partial charge in [-0.25, -0.2) is 0 Å². The molecule has 2 aliphatic rings. The molecule has 0 amide bonds. The van der Waals surface area contributed by atoms with Crippen molar-refractivity contribution in [2.45, 2.75) is 69.9 Å². The Morgan fingerprint density at radius 2 is 2.00 bits per heavy atom. The fraction of sp³-hybridized carbons (Fsp3) is 1.00. The smallest absolute Gasteiger partial charge is 0.0771 e. The van der Waals surface area contributed by atoms with Crippen LogP contribution in [-0.2, 0) is 0 Å². The fourth-order valence-corrected chi connectivity index (χ4v) is 2.90. The second-order valence-electron chi connectivity index (χ2n) is 5.56. The summed E-state index contributed by atoms with van der Waals surface area (Å²) in [7, 11) is 0. The third-order valence-electron chi connectivity index (χ3n) is 4.06. The summed E-state index contributed by atoms with van der Waals surface area (Å²) in [5.74, 6) is 0.905. The van der Waals surface area contributed by atoms with Crippen LogP contribution in [0.4, 0.5) is 0 Å². The maximum Gasteiger partial charge on any atom is 0.0771 e. The first-order valence-corrected chi connectivity index (χ1v) is 6.69. The highest BCUT2D eigenvalue weighted by Gasteiger charge is 2.38. The summed E-state index contributed by atoms with van der Waals surface area (Å²) in [5, 5.41) is 13.9. The van der Waals surface area contributed by atoms with Crippen molar-refractivity contribution in [1.29, 1.82) is 0 Å². The Kier molecular flexibility index (Phi) is 3.68. The Labute approximate surface area is 93.5 Å². The zero-order chi connectivity index (χ0) is 10.7. The van der Waals surface area contributed by atoms with Crippen molar-refractivity contribution in [2.24, 2.45) is 5.92 Å². The van der Waals surface area contributed by atoms with Crippen LogP contribution in [0.15, 0.2) is 0 Å². The van der Waals surface area contributed by atoms with Gasteiger partial charge in [0, 0.05) is 12.6 Å². The highest BCUT2D eigenvalue weighted by Crippen LogP contribution is 2.35. The zero-order valence-corrected chi connectivity index (χ0v) is 9.97. The predicted molar refractivity (Wildman–Crippen MR) is 62.8 cm³/mol. The van der Waals surface area contributed by atoms with Gasteiger partial charge in [-0.2, -0.15) is 0 Å². The van der Waals surface area contributed by atoms with Crippen molar-refractivity contribution in [2.75, 3.05) is 6.54 Å². The first-order valence-electron chi connectivity index (χ1n) is 6.69. The lowest BCUT2D eigenvalue weighted by molar-refractivity contribution is 0.00435. The summed E-state index contributed by atoms with van der Waals surface area (Å²) in [5.41, 5.74) is -0.377. The minimum absolute atomic E-state index is 0.377. The van der Waals surface area contributed by atoms with E-state index in [1.807, 2.05) is 0 Å². The summed E-state index contributed by atoms with van der Waals surface area (Å²) < 4.78 is 0. The molecule has 2 atom stereocenters. The summed E-state index contributed by atoms with van der Waals surface area (Å²) in [6, 6.07) is 0.718. The number of hydrogen-bond acceptors (Lipinski definition) is 2. The van der Waals surface area contributed by atoms with E-state index in [2.05, 4.69) is 12.2 Å². The van der Waals surface area contributed by atoms with Gasteiger partial charge in [-0.1, -0.05) is 32.6 Å². The van der Waals surface area contributed by atoms with Gasteiger partial charge in [0.1, 0.15) is 0 Å². The SMILES string of the molecule is CCCC1CC1NCC1(O)CCCCC1. The minimum Gasteiger partial charge on any atom is -0.389 e. The van der Waals surface area contributed by atoms with Crippen LogP contribution in [0.5, 0.6) is 0 Å². The lowest BCUT2D eigenvalue weighted by atomic mass is 9.85. The monoisotopic (exact) mass is 211 g/mol. The highest BCUT2D eigenvalue weighted by molar-refractivity contribution is 4.95. The molecule has 2 rings (SSSR count). The molecule has 0 bridgehead atoms. The van der Waals surface area contributed by atoms with Gasteiger partial charge in [-0.3, -0.25) is 0 Å². The van der Waals surface area contributed by atoms with E-state index < -0.39 is 0 Å². The molecular formula is C13H25NO. The molecular weight excluding hydrogens is 186 g/mol. The standard InChI is InChI=1S/C13H25NO/c1-2-6-11-9-12(11)14-10-13(15)7-4-3-5-8-13/h11-12,14-15H,2-10H2,1H3. The maximum atomic E-state index is 10.3. The van der Waals surface area contributed by atoms with Crippen molar-refractivity contribution in [1.82, 2.24) is 5.32 Å². The van der Waals surface area contributed by atoms with Crippen LogP contribution in [0.2, 0.25) is 0 Å². The van der Waals surface area contributed by atoms with Crippen molar-refractivity contribution in [3.05, 3.63) is 0 Å². The van der Waals surface area contributed by atoms with E-state index in [1.165, 1.54) is 38.5 Å². The van der Waals surface area contributed by atoms with Gasteiger partial charge >= 0.3 is 0 Å². The Hall–Kier alpha value is -0.0800. The highest BCUT2D eigenvalue weighted by atomic mass is 16.3. The minimum atomic E-state index is -0.377. The molecule has 2 heteroatoms. The normalized spacial score (nSPS) is 34.0. The topological polar surface area (TPSA) is 32.3 Å². The molecule has 0 saturated heterocycles. The molecule has 88 valence electrons. The van der Waals surface area contributed by atoms with Gasteiger partial charge in [-0.05, 0) is 31.6 Å². The second-order valence-corrected chi connectivity index (χ2v) is 5.56. The van der Waals surface area contributed by atoms with E-state index in [-0.39, 0.29) is 5.60 Å². The summed E-state index contributed by atoms with van der Waals surface area (Å²) in [6.45, 7) is 3.09. The van der Waals surface area contributed by atoms with Crippen LogP contribution in [-0.4, -0.2) is 23.3 Å². The average Bonchev–Trinajstić information content (AvgIpc) is 2.96. The fourth-order valence-electron chi connectivity index (χ4n) is 2.90. The maximum absolute atomic E-state index is 10.3. The quantitative estimate of drug-likeness (QED) is 0.732. The number of nitrogens with one attached hydrogen (secondary N) is 1. The van der Waals surface area contributed by atoms with Crippen LogP contribution in [0.25, 0.3) is 0 Å². The predicted octanol–water partition coefficient (Wildman–Crippen LogP) is 2.46. The largest absolute Gasteiger partial charge is 0.389 e. The Morgan fingerprint density at radius 3 is 2.67 bits per heavy atom. The van der Waals surface area contributed by atoms with E-state index >= 15 is 0 Å². The van der Waals surface area contributed by atoms with Crippen LogP contribution >= 0.6 is 0 Å². The molecule has 0 heterocycles. The molecule has 0 aliphatic heterocycles. The van der Waals surface area contributed by atoms with Crippen molar-refractivity contribution in [3.8, 4) is 0 Å². The van der Waals surface area contributed by atoms with Crippen LogP contribution in [0, 0.1) is 5.92 Å². The first-order chi connectivity index (χ1) is 7.23. The van der Waals surface area contributed by atoms with E-state index in [4.69, 9.17) is 0 Å².